The second kappa shape index (κ2) is 10.3. The molecule has 0 aliphatic carbocycles. The molecule has 1 saturated heterocycles. The van der Waals surface area contributed by atoms with E-state index in [1.165, 1.54) is 12.1 Å². The molecule has 31 heavy (non-hydrogen) atoms. The molecule has 1 heterocycles. The van der Waals surface area contributed by atoms with E-state index >= 15 is 0 Å². The molecule has 0 radical (unpaired) electrons. The summed E-state index contributed by atoms with van der Waals surface area (Å²) in [5.74, 6) is -0.734. The van der Waals surface area contributed by atoms with Crippen molar-refractivity contribution in [1.82, 2.24) is 10.2 Å². The van der Waals surface area contributed by atoms with Crippen LogP contribution in [0.1, 0.15) is 35.8 Å². The fourth-order valence-corrected chi connectivity index (χ4v) is 3.68. The van der Waals surface area contributed by atoms with E-state index in [1.807, 2.05) is 6.92 Å². The lowest BCUT2D eigenvalue weighted by Gasteiger charge is -2.37. The summed E-state index contributed by atoms with van der Waals surface area (Å²) >= 11 is 0. The largest absolute Gasteiger partial charge is 0.484 e. The normalized spacial score (nSPS) is 15.4. The summed E-state index contributed by atoms with van der Waals surface area (Å²) in [5.41, 5.74) is 7.19. The number of anilines is 1. The van der Waals surface area contributed by atoms with Crippen LogP contribution in [0.2, 0.25) is 0 Å². The van der Waals surface area contributed by atoms with Gasteiger partial charge >= 0.3 is 0 Å². The van der Waals surface area contributed by atoms with Crippen LogP contribution in [0, 0.1) is 5.82 Å². The quantitative estimate of drug-likeness (QED) is 0.674. The summed E-state index contributed by atoms with van der Waals surface area (Å²) < 4.78 is 19.2. The van der Waals surface area contributed by atoms with Crippen molar-refractivity contribution in [2.24, 2.45) is 5.73 Å². The summed E-state index contributed by atoms with van der Waals surface area (Å²) in [5, 5.41) is 2.95. The molecule has 0 spiro atoms. The number of ether oxygens (including phenoxy) is 1. The molecule has 2 aromatic carbocycles. The lowest BCUT2D eigenvalue weighted by molar-refractivity contribution is -0.119. The number of halogens is 1. The predicted octanol–water partition coefficient (Wildman–Crippen LogP) is 2.32. The molecule has 1 fully saturated rings. The Balaban J connectivity index is 1.69. The lowest BCUT2D eigenvalue weighted by Crippen LogP contribution is -2.46. The number of nitrogens with one attached hydrogen (secondary N) is 1. The summed E-state index contributed by atoms with van der Waals surface area (Å²) in [7, 11) is 0. The van der Waals surface area contributed by atoms with Crippen molar-refractivity contribution in [1.29, 1.82) is 0 Å². The molecular formula is C23H29FN4O3. The third-order valence-corrected chi connectivity index (χ3v) is 5.46. The van der Waals surface area contributed by atoms with E-state index in [-0.39, 0.29) is 24.4 Å². The highest BCUT2D eigenvalue weighted by atomic mass is 19.1. The summed E-state index contributed by atoms with van der Waals surface area (Å²) in [6.45, 7) is 8.42. The fraction of sp³-hybridized carbons (Fsp3) is 0.391. The van der Waals surface area contributed by atoms with E-state index < -0.39 is 5.91 Å². The molecule has 2 aromatic rings. The van der Waals surface area contributed by atoms with Crippen molar-refractivity contribution in [3.05, 3.63) is 59.4 Å². The van der Waals surface area contributed by atoms with E-state index in [2.05, 4.69) is 22.0 Å². The minimum Gasteiger partial charge on any atom is -0.484 e. The third kappa shape index (κ3) is 5.95. The van der Waals surface area contributed by atoms with Crippen molar-refractivity contribution in [2.75, 3.05) is 44.2 Å². The maximum atomic E-state index is 14.0. The highest BCUT2D eigenvalue weighted by Gasteiger charge is 2.22. The van der Waals surface area contributed by atoms with Gasteiger partial charge in [0.05, 0.1) is 6.04 Å². The SMILES string of the molecule is CCN1CCN(c2ccc(F)cc2[C@H](C)NC(=O)c2ccc(OCC(N)=O)cc2)CC1. The van der Waals surface area contributed by atoms with Gasteiger partial charge < -0.3 is 25.6 Å². The van der Waals surface area contributed by atoms with Crippen LogP contribution in [0.4, 0.5) is 10.1 Å². The Labute approximate surface area is 182 Å². The van der Waals surface area contributed by atoms with Crippen LogP contribution in [-0.4, -0.2) is 56.0 Å². The van der Waals surface area contributed by atoms with Gasteiger partial charge in [-0.25, -0.2) is 4.39 Å². The van der Waals surface area contributed by atoms with Crippen LogP contribution in [0.15, 0.2) is 42.5 Å². The van der Waals surface area contributed by atoms with Crippen LogP contribution >= 0.6 is 0 Å². The van der Waals surface area contributed by atoms with E-state index in [0.29, 0.717) is 11.3 Å². The van der Waals surface area contributed by atoms with Crippen LogP contribution in [0.25, 0.3) is 0 Å². The zero-order valence-corrected chi connectivity index (χ0v) is 17.9. The molecule has 0 saturated carbocycles. The molecule has 2 amide bonds. The molecule has 1 aliphatic rings. The number of nitrogens with two attached hydrogens (primary N) is 1. The molecule has 1 aliphatic heterocycles. The highest BCUT2D eigenvalue weighted by Crippen LogP contribution is 2.28. The van der Waals surface area contributed by atoms with Gasteiger partial charge in [-0.15, -0.1) is 0 Å². The summed E-state index contributed by atoms with van der Waals surface area (Å²) in [6.07, 6.45) is 0. The minimum atomic E-state index is -0.572. The number of amides is 2. The number of carbonyl (C=O) groups is 2. The first kappa shape index (κ1) is 22.6. The van der Waals surface area contributed by atoms with Gasteiger partial charge in [-0.3, -0.25) is 9.59 Å². The van der Waals surface area contributed by atoms with Crippen molar-refractivity contribution < 1.29 is 18.7 Å². The summed E-state index contributed by atoms with van der Waals surface area (Å²) in [6, 6.07) is 10.8. The van der Waals surface area contributed by atoms with Crippen LogP contribution in [0.3, 0.4) is 0 Å². The Morgan fingerprint density at radius 2 is 1.81 bits per heavy atom. The van der Waals surface area contributed by atoms with Crippen molar-refractivity contribution in [3.63, 3.8) is 0 Å². The molecule has 166 valence electrons. The van der Waals surface area contributed by atoms with E-state index in [1.54, 1.807) is 30.3 Å². The zero-order chi connectivity index (χ0) is 22.4. The molecule has 1 atom stereocenters. The smallest absolute Gasteiger partial charge is 0.255 e. The Kier molecular flexibility index (Phi) is 7.46. The monoisotopic (exact) mass is 428 g/mol. The Morgan fingerprint density at radius 3 is 2.42 bits per heavy atom. The Hall–Kier alpha value is -3.13. The number of carbonyl (C=O) groups excluding carboxylic acids is 2. The van der Waals surface area contributed by atoms with Crippen molar-refractivity contribution in [3.8, 4) is 5.75 Å². The van der Waals surface area contributed by atoms with Gasteiger partial charge in [0.25, 0.3) is 11.8 Å². The number of primary amides is 1. The van der Waals surface area contributed by atoms with Crippen molar-refractivity contribution >= 4 is 17.5 Å². The Morgan fingerprint density at radius 1 is 1.13 bits per heavy atom. The fourth-order valence-electron chi connectivity index (χ4n) is 3.68. The van der Waals surface area contributed by atoms with E-state index in [4.69, 9.17) is 10.5 Å². The predicted molar refractivity (Wildman–Crippen MR) is 118 cm³/mol. The van der Waals surface area contributed by atoms with Gasteiger partial charge in [0.1, 0.15) is 11.6 Å². The topological polar surface area (TPSA) is 87.9 Å². The van der Waals surface area contributed by atoms with Gasteiger partial charge in [-0.05, 0) is 55.9 Å². The van der Waals surface area contributed by atoms with Crippen LogP contribution < -0.4 is 20.7 Å². The Bertz CT molecular complexity index is 912. The van der Waals surface area contributed by atoms with Gasteiger partial charge in [0, 0.05) is 43.0 Å². The maximum Gasteiger partial charge on any atom is 0.255 e. The standard InChI is InChI=1S/C23H29FN4O3/c1-3-27-10-12-28(13-11-27)21-9-6-18(24)14-20(21)16(2)26-23(30)17-4-7-19(8-5-17)31-15-22(25)29/h4-9,14,16H,3,10-13,15H2,1-2H3,(H2,25,29)(H,26,30)/t16-/m0/s1. The molecule has 3 N–H and O–H groups in total. The third-order valence-electron chi connectivity index (χ3n) is 5.46. The number of piperazine rings is 1. The van der Waals surface area contributed by atoms with Gasteiger partial charge in [0.2, 0.25) is 0 Å². The molecule has 0 unspecified atom stereocenters. The zero-order valence-electron chi connectivity index (χ0n) is 17.9. The van der Waals surface area contributed by atoms with Crippen molar-refractivity contribution in [2.45, 2.75) is 19.9 Å². The first-order chi connectivity index (χ1) is 14.9. The molecule has 8 heteroatoms. The summed E-state index contributed by atoms with van der Waals surface area (Å²) in [4.78, 5) is 28.1. The van der Waals surface area contributed by atoms with E-state index in [9.17, 15) is 14.0 Å². The van der Waals surface area contributed by atoms with E-state index in [0.717, 1.165) is 44.0 Å². The second-order valence-electron chi connectivity index (χ2n) is 7.60. The first-order valence-electron chi connectivity index (χ1n) is 10.5. The molecule has 3 rings (SSSR count). The van der Waals surface area contributed by atoms with Gasteiger partial charge in [-0.2, -0.15) is 0 Å². The van der Waals surface area contributed by atoms with Gasteiger partial charge in [0.15, 0.2) is 6.61 Å². The first-order valence-corrected chi connectivity index (χ1v) is 10.5. The van der Waals surface area contributed by atoms with Gasteiger partial charge in [-0.1, -0.05) is 6.92 Å². The highest BCUT2D eigenvalue weighted by molar-refractivity contribution is 5.94. The maximum absolute atomic E-state index is 14.0. The number of benzene rings is 2. The average Bonchev–Trinajstić information content (AvgIpc) is 2.78. The second-order valence-corrected chi connectivity index (χ2v) is 7.60. The number of hydrogen-bond acceptors (Lipinski definition) is 5. The molecule has 7 nitrogen and oxygen atoms in total. The molecule has 0 aromatic heterocycles. The number of rotatable bonds is 8. The number of likely N-dealkylation sites (N-methyl/N-ethyl adjacent to an activating group) is 1. The average molecular weight is 429 g/mol. The number of hydrogen-bond donors (Lipinski definition) is 2. The van der Waals surface area contributed by atoms with Crippen LogP contribution in [-0.2, 0) is 4.79 Å². The molecule has 0 bridgehead atoms. The van der Waals surface area contributed by atoms with Crippen LogP contribution in [0.5, 0.6) is 5.75 Å². The number of nitrogens with zero attached hydrogens (tertiary/aromatic N) is 2. The molecular weight excluding hydrogens is 399 g/mol. The lowest BCUT2D eigenvalue weighted by atomic mass is 10.0. The minimum absolute atomic E-state index is 0.225.